The quantitative estimate of drug-likeness (QED) is 0.877. The van der Waals surface area contributed by atoms with E-state index in [4.69, 9.17) is 0 Å². The number of nitrogens with zero attached hydrogens (tertiary/aromatic N) is 1. The van der Waals surface area contributed by atoms with Gasteiger partial charge in [0.05, 0.1) is 5.69 Å². The van der Waals surface area contributed by atoms with Gasteiger partial charge < -0.3 is 5.32 Å². The maximum atomic E-state index is 4.52. The molecule has 19 heavy (non-hydrogen) atoms. The van der Waals surface area contributed by atoms with E-state index < -0.39 is 0 Å². The molecule has 0 aliphatic heterocycles. The van der Waals surface area contributed by atoms with E-state index in [1.165, 1.54) is 16.7 Å². The van der Waals surface area contributed by atoms with Crippen LogP contribution in [0.15, 0.2) is 42.6 Å². The normalized spacial score (nSPS) is 10.9. The van der Waals surface area contributed by atoms with E-state index in [1.54, 1.807) is 0 Å². The van der Waals surface area contributed by atoms with Crippen molar-refractivity contribution in [3.63, 3.8) is 0 Å². The van der Waals surface area contributed by atoms with E-state index in [1.807, 2.05) is 6.20 Å². The molecule has 0 atom stereocenters. The smallest absolute Gasteiger partial charge is 0.0707 e. The van der Waals surface area contributed by atoms with Crippen LogP contribution < -0.4 is 5.32 Å². The van der Waals surface area contributed by atoms with Crippen LogP contribution in [0.5, 0.6) is 0 Å². The first kappa shape index (κ1) is 13.8. The molecular weight excluding hydrogens is 232 g/mol. The lowest BCUT2D eigenvalue weighted by Gasteiger charge is -2.12. The topological polar surface area (TPSA) is 24.9 Å². The summed E-state index contributed by atoms with van der Waals surface area (Å²) in [5.41, 5.74) is 4.93. The molecule has 0 saturated carbocycles. The molecule has 2 rings (SSSR count). The van der Waals surface area contributed by atoms with Crippen LogP contribution in [0.2, 0.25) is 0 Å². The summed E-state index contributed by atoms with van der Waals surface area (Å²) in [4.78, 5) is 4.52. The SMILES string of the molecule is CCc1ccnc(-c2ccccc2CNC(C)C)c1. The molecule has 1 aromatic carbocycles. The van der Waals surface area contributed by atoms with Crippen molar-refractivity contribution in [2.45, 2.75) is 39.8 Å². The summed E-state index contributed by atoms with van der Waals surface area (Å²) >= 11 is 0. The average Bonchev–Trinajstić information content (AvgIpc) is 2.45. The molecule has 2 nitrogen and oxygen atoms in total. The van der Waals surface area contributed by atoms with Crippen LogP contribution in [0.25, 0.3) is 11.3 Å². The zero-order valence-electron chi connectivity index (χ0n) is 12.0. The minimum absolute atomic E-state index is 0.489. The fourth-order valence-electron chi connectivity index (χ4n) is 2.08. The van der Waals surface area contributed by atoms with Crippen LogP contribution in [0.1, 0.15) is 31.9 Å². The molecule has 0 bridgehead atoms. The molecule has 1 aromatic heterocycles. The highest BCUT2D eigenvalue weighted by Crippen LogP contribution is 2.22. The third-order valence-electron chi connectivity index (χ3n) is 3.23. The van der Waals surface area contributed by atoms with E-state index in [2.05, 4.69) is 67.5 Å². The van der Waals surface area contributed by atoms with Gasteiger partial charge >= 0.3 is 0 Å². The molecule has 0 fully saturated rings. The minimum Gasteiger partial charge on any atom is -0.310 e. The predicted molar refractivity (Wildman–Crippen MR) is 81.0 cm³/mol. The second kappa shape index (κ2) is 6.48. The zero-order valence-corrected chi connectivity index (χ0v) is 12.0. The van der Waals surface area contributed by atoms with Crippen LogP contribution in [0, 0.1) is 0 Å². The first-order chi connectivity index (χ1) is 9.20. The number of aromatic nitrogens is 1. The molecule has 0 saturated heterocycles. The zero-order chi connectivity index (χ0) is 13.7. The van der Waals surface area contributed by atoms with E-state index in [-0.39, 0.29) is 0 Å². The van der Waals surface area contributed by atoms with Crippen molar-refractivity contribution < 1.29 is 0 Å². The van der Waals surface area contributed by atoms with Gasteiger partial charge in [-0.15, -0.1) is 0 Å². The van der Waals surface area contributed by atoms with Gasteiger partial charge in [0.15, 0.2) is 0 Å². The van der Waals surface area contributed by atoms with Crippen molar-refractivity contribution >= 4 is 0 Å². The Labute approximate surface area is 115 Å². The first-order valence-corrected chi connectivity index (χ1v) is 6.97. The number of aryl methyl sites for hydroxylation is 1. The lowest BCUT2D eigenvalue weighted by atomic mass is 10.0. The second-order valence-electron chi connectivity index (χ2n) is 5.10. The van der Waals surface area contributed by atoms with E-state index in [9.17, 15) is 0 Å². The Morgan fingerprint density at radius 3 is 2.68 bits per heavy atom. The van der Waals surface area contributed by atoms with Gasteiger partial charge in [-0.25, -0.2) is 0 Å². The average molecular weight is 254 g/mol. The lowest BCUT2D eigenvalue weighted by Crippen LogP contribution is -2.22. The summed E-state index contributed by atoms with van der Waals surface area (Å²) in [5.74, 6) is 0. The molecule has 0 aliphatic rings. The van der Waals surface area contributed by atoms with Gasteiger partial charge in [-0.05, 0) is 29.7 Å². The largest absolute Gasteiger partial charge is 0.310 e. The van der Waals surface area contributed by atoms with Crippen molar-refractivity contribution in [2.24, 2.45) is 0 Å². The van der Waals surface area contributed by atoms with Crippen molar-refractivity contribution in [2.75, 3.05) is 0 Å². The van der Waals surface area contributed by atoms with Crippen molar-refractivity contribution in [1.29, 1.82) is 0 Å². The Bertz CT molecular complexity index is 532. The van der Waals surface area contributed by atoms with Crippen LogP contribution >= 0.6 is 0 Å². The molecule has 2 aromatic rings. The van der Waals surface area contributed by atoms with E-state index in [0.29, 0.717) is 6.04 Å². The molecule has 2 heteroatoms. The second-order valence-corrected chi connectivity index (χ2v) is 5.10. The summed E-state index contributed by atoms with van der Waals surface area (Å²) in [7, 11) is 0. The summed E-state index contributed by atoms with van der Waals surface area (Å²) in [5, 5.41) is 3.47. The number of benzene rings is 1. The van der Waals surface area contributed by atoms with Crippen LogP contribution in [-0.4, -0.2) is 11.0 Å². The Morgan fingerprint density at radius 2 is 1.95 bits per heavy atom. The predicted octanol–water partition coefficient (Wildman–Crippen LogP) is 3.81. The molecule has 0 amide bonds. The number of pyridine rings is 1. The summed E-state index contributed by atoms with van der Waals surface area (Å²) < 4.78 is 0. The fourth-order valence-corrected chi connectivity index (χ4v) is 2.08. The number of nitrogens with one attached hydrogen (secondary N) is 1. The van der Waals surface area contributed by atoms with Crippen LogP contribution in [-0.2, 0) is 13.0 Å². The molecule has 0 aliphatic carbocycles. The van der Waals surface area contributed by atoms with Gasteiger partial charge in [-0.2, -0.15) is 0 Å². The number of rotatable bonds is 5. The monoisotopic (exact) mass is 254 g/mol. The summed E-state index contributed by atoms with van der Waals surface area (Å²) in [6.45, 7) is 7.38. The Balaban J connectivity index is 2.32. The van der Waals surface area contributed by atoms with E-state index >= 15 is 0 Å². The number of hydrogen-bond donors (Lipinski definition) is 1. The molecule has 0 radical (unpaired) electrons. The molecule has 1 N–H and O–H groups in total. The molecule has 0 spiro atoms. The van der Waals surface area contributed by atoms with Gasteiger partial charge in [0.2, 0.25) is 0 Å². The highest BCUT2D eigenvalue weighted by atomic mass is 14.9. The summed E-state index contributed by atoms with van der Waals surface area (Å²) in [6.07, 6.45) is 2.95. The lowest BCUT2D eigenvalue weighted by molar-refractivity contribution is 0.589. The first-order valence-electron chi connectivity index (χ1n) is 6.97. The van der Waals surface area contributed by atoms with Gasteiger partial charge in [-0.1, -0.05) is 45.0 Å². The maximum Gasteiger partial charge on any atom is 0.0707 e. The highest BCUT2D eigenvalue weighted by molar-refractivity contribution is 5.64. The standard InChI is InChI=1S/C17H22N2/c1-4-14-9-10-18-17(11-14)16-8-6-5-7-15(16)12-19-13(2)3/h5-11,13,19H,4,12H2,1-3H3. The van der Waals surface area contributed by atoms with Crippen LogP contribution in [0.3, 0.4) is 0 Å². The molecule has 0 unspecified atom stereocenters. The molecular formula is C17H22N2. The van der Waals surface area contributed by atoms with Crippen molar-refractivity contribution in [3.8, 4) is 11.3 Å². The van der Waals surface area contributed by atoms with Gasteiger partial charge in [0, 0.05) is 24.3 Å². The maximum absolute atomic E-state index is 4.52. The Kier molecular flexibility index (Phi) is 4.69. The fraction of sp³-hybridized carbons (Fsp3) is 0.353. The summed E-state index contributed by atoms with van der Waals surface area (Å²) in [6, 6.07) is 13.2. The van der Waals surface area contributed by atoms with Crippen LogP contribution in [0.4, 0.5) is 0 Å². The van der Waals surface area contributed by atoms with Gasteiger partial charge in [0.1, 0.15) is 0 Å². The Hall–Kier alpha value is -1.67. The van der Waals surface area contributed by atoms with Crippen molar-refractivity contribution in [1.82, 2.24) is 10.3 Å². The third kappa shape index (κ3) is 3.65. The highest BCUT2D eigenvalue weighted by Gasteiger charge is 2.06. The van der Waals surface area contributed by atoms with Gasteiger partial charge in [-0.3, -0.25) is 4.98 Å². The van der Waals surface area contributed by atoms with E-state index in [0.717, 1.165) is 18.7 Å². The van der Waals surface area contributed by atoms with Crippen molar-refractivity contribution in [3.05, 3.63) is 53.7 Å². The Morgan fingerprint density at radius 1 is 1.16 bits per heavy atom. The molecule has 1 heterocycles. The third-order valence-corrected chi connectivity index (χ3v) is 3.23. The minimum atomic E-state index is 0.489. The number of hydrogen-bond acceptors (Lipinski definition) is 2. The molecule has 100 valence electrons. The van der Waals surface area contributed by atoms with Gasteiger partial charge in [0.25, 0.3) is 0 Å².